The van der Waals surface area contributed by atoms with Gasteiger partial charge in [0.2, 0.25) is 11.8 Å². The van der Waals surface area contributed by atoms with E-state index in [1.165, 1.54) is 6.07 Å². The van der Waals surface area contributed by atoms with Gasteiger partial charge in [-0.1, -0.05) is 18.2 Å². The number of fused-ring (bicyclic) bond motifs is 1. The number of aliphatic imine (C=N–C) groups is 1. The van der Waals surface area contributed by atoms with Crippen LogP contribution in [0.3, 0.4) is 0 Å². The molecule has 0 unspecified atom stereocenters. The van der Waals surface area contributed by atoms with Gasteiger partial charge in [0.15, 0.2) is 0 Å². The standard InChI is InChI=1S/C19H22N4O5S/c1-13(22-17-15-7-3-4-8-16(15)29(25,26)23-17)18(24)21-12-14-6-5-9-20-19(14)28-11-10-27-2/h3-9,13H,10-12H2,1-2H3,(H,21,24)(H,22,23)/t13-/m0/s1. The molecule has 0 spiro atoms. The van der Waals surface area contributed by atoms with Crippen molar-refractivity contribution in [1.82, 2.24) is 15.0 Å². The number of hydrogen-bond donors (Lipinski definition) is 2. The average Bonchev–Trinajstić information content (AvgIpc) is 2.97. The molecule has 29 heavy (non-hydrogen) atoms. The third-order valence-electron chi connectivity index (χ3n) is 4.19. The van der Waals surface area contributed by atoms with Gasteiger partial charge in [-0.25, -0.2) is 13.4 Å². The number of rotatable bonds is 8. The molecule has 1 aliphatic rings. The Morgan fingerprint density at radius 1 is 1.24 bits per heavy atom. The summed E-state index contributed by atoms with van der Waals surface area (Å²) in [5, 5.41) is 2.77. The molecule has 2 heterocycles. The summed E-state index contributed by atoms with van der Waals surface area (Å²) in [7, 11) is -2.07. The van der Waals surface area contributed by atoms with Gasteiger partial charge >= 0.3 is 0 Å². The van der Waals surface area contributed by atoms with E-state index < -0.39 is 16.1 Å². The molecule has 1 aromatic carbocycles. The van der Waals surface area contributed by atoms with Gasteiger partial charge in [-0.15, -0.1) is 0 Å². The molecule has 0 bridgehead atoms. The monoisotopic (exact) mass is 418 g/mol. The molecule has 9 nitrogen and oxygen atoms in total. The highest BCUT2D eigenvalue weighted by atomic mass is 32.2. The van der Waals surface area contributed by atoms with E-state index in [1.54, 1.807) is 50.6 Å². The Labute approximate surface area is 169 Å². The maximum atomic E-state index is 12.5. The zero-order valence-corrected chi connectivity index (χ0v) is 16.9. The van der Waals surface area contributed by atoms with E-state index in [-0.39, 0.29) is 23.2 Å². The smallest absolute Gasteiger partial charge is 0.263 e. The third kappa shape index (κ3) is 4.90. The summed E-state index contributed by atoms with van der Waals surface area (Å²) in [5.74, 6) is 0.224. The van der Waals surface area contributed by atoms with Gasteiger partial charge in [0.05, 0.1) is 11.5 Å². The summed E-state index contributed by atoms with van der Waals surface area (Å²) in [5.41, 5.74) is 1.16. The number of methoxy groups -OCH3 is 1. The van der Waals surface area contributed by atoms with Gasteiger partial charge in [0, 0.05) is 31.0 Å². The van der Waals surface area contributed by atoms with Crippen molar-refractivity contribution < 1.29 is 22.7 Å². The van der Waals surface area contributed by atoms with E-state index in [0.29, 0.717) is 30.2 Å². The molecule has 2 aromatic rings. The van der Waals surface area contributed by atoms with Crippen molar-refractivity contribution in [2.45, 2.75) is 24.4 Å². The summed E-state index contributed by atoms with van der Waals surface area (Å²) in [6.07, 6.45) is 1.60. The van der Waals surface area contributed by atoms with E-state index >= 15 is 0 Å². The number of pyridine rings is 1. The van der Waals surface area contributed by atoms with Crippen molar-refractivity contribution in [3.8, 4) is 5.88 Å². The minimum Gasteiger partial charge on any atom is -0.475 e. The Hall–Kier alpha value is -2.98. The lowest BCUT2D eigenvalue weighted by Crippen LogP contribution is -2.33. The molecule has 0 fully saturated rings. The first kappa shape index (κ1) is 20.7. The number of amidine groups is 1. The summed E-state index contributed by atoms with van der Waals surface area (Å²) >= 11 is 0. The molecule has 0 saturated heterocycles. The fourth-order valence-electron chi connectivity index (χ4n) is 2.72. The minimum absolute atomic E-state index is 0.152. The molecule has 0 aliphatic carbocycles. The van der Waals surface area contributed by atoms with Gasteiger partial charge < -0.3 is 14.8 Å². The van der Waals surface area contributed by atoms with Crippen LogP contribution in [-0.2, 0) is 26.1 Å². The van der Waals surface area contributed by atoms with Crippen molar-refractivity contribution in [1.29, 1.82) is 0 Å². The van der Waals surface area contributed by atoms with Gasteiger partial charge in [-0.05, 0) is 25.1 Å². The average molecular weight is 418 g/mol. The maximum Gasteiger partial charge on any atom is 0.263 e. The number of aromatic nitrogens is 1. The lowest BCUT2D eigenvalue weighted by molar-refractivity contribution is -0.122. The molecule has 10 heteroatoms. The van der Waals surface area contributed by atoms with Crippen LogP contribution < -0.4 is 14.8 Å². The summed E-state index contributed by atoms with van der Waals surface area (Å²) < 4.78 is 37.2. The quantitative estimate of drug-likeness (QED) is 0.614. The first-order chi connectivity index (χ1) is 13.9. The predicted molar refractivity (Wildman–Crippen MR) is 106 cm³/mol. The SMILES string of the molecule is COCCOc1ncccc1CNC(=O)[C@H](C)N=C1NS(=O)(=O)c2ccccc21. The molecule has 2 N–H and O–H groups in total. The first-order valence-corrected chi connectivity index (χ1v) is 10.4. The zero-order chi connectivity index (χ0) is 20.9. The van der Waals surface area contributed by atoms with Crippen LogP contribution in [0.25, 0.3) is 0 Å². The summed E-state index contributed by atoms with van der Waals surface area (Å²) in [4.78, 5) is 21.0. The Morgan fingerprint density at radius 2 is 2.03 bits per heavy atom. The van der Waals surface area contributed by atoms with Gasteiger partial charge in [0.1, 0.15) is 18.5 Å². The number of amides is 1. The number of benzene rings is 1. The molecule has 154 valence electrons. The second-order valence-corrected chi connectivity index (χ2v) is 7.93. The van der Waals surface area contributed by atoms with Crippen LogP contribution in [0.15, 0.2) is 52.5 Å². The molecular weight excluding hydrogens is 396 g/mol. The number of nitrogens with zero attached hydrogens (tertiary/aromatic N) is 2. The Bertz CT molecular complexity index is 1020. The molecule has 0 radical (unpaired) electrons. The molecule has 1 aliphatic heterocycles. The fourth-order valence-corrected chi connectivity index (χ4v) is 3.96. The van der Waals surface area contributed by atoms with Gasteiger partial charge in [0.25, 0.3) is 10.0 Å². The molecule has 1 atom stereocenters. The molecule has 1 aromatic heterocycles. The van der Waals surface area contributed by atoms with Crippen molar-refractivity contribution in [2.75, 3.05) is 20.3 Å². The summed E-state index contributed by atoms with van der Waals surface area (Å²) in [6, 6.07) is 9.25. The Balaban J connectivity index is 1.66. The van der Waals surface area contributed by atoms with E-state index in [4.69, 9.17) is 9.47 Å². The normalized spacial score (nSPS) is 16.7. The van der Waals surface area contributed by atoms with Gasteiger partial charge in [-0.2, -0.15) is 0 Å². The predicted octanol–water partition coefficient (Wildman–Crippen LogP) is 0.850. The Morgan fingerprint density at radius 3 is 2.83 bits per heavy atom. The number of hydrogen-bond acceptors (Lipinski definition) is 7. The van der Waals surface area contributed by atoms with Crippen LogP contribution in [0.4, 0.5) is 0 Å². The molecule has 0 saturated carbocycles. The van der Waals surface area contributed by atoms with E-state index in [9.17, 15) is 13.2 Å². The van der Waals surface area contributed by atoms with Crippen molar-refractivity contribution in [3.63, 3.8) is 0 Å². The van der Waals surface area contributed by atoms with Crippen molar-refractivity contribution in [3.05, 3.63) is 53.7 Å². The van der Waals surface area contributed by atoms with E-state index in [2.05, 4.69) is 20.0 Å². The largest absolute Gasteiger partial charge is 0.475 e. The van der Waals surface area contributed by atoms with Crippen LogP contribution >= 0.6 is 0 Å². The maximum absolute atomic E-state index is 12.5. The highest BCUT2D eigenvalue weighted by molar-refractivity contribution is 7.90. The van der Waals surface area contributed by atoms with E-state index in [1.807, 2.05) is 0 Å². The van der Waals surface area contributed by atoms with Crippen LogP contribution in [0.5, 0.6) is 5.88 Å². The van der Waals surface area contributed by atoms with Crippen LogP contribution in [0, 0.1) is 0 Å². The number of nitrogens with one attached hydrogen (secondary N) is 2. The fraction of sp³-hybridized carbons (Fsp3) is 0.316. The van der Waals surface area contributed by atoms with Crippen molar-refractivity contribution >= 4 is 21.8 Å². The topological polar surface area (TPSA) is 119 Å². The first-order valence-electron chi connectivity index (χ1n) is 8.95. The number of ether oxygens (including phenoxy) is 2. The number of carbonyl (C=O) groups is 1. The van der Waals surface area contributed by atoms with Crippen LogP contribution in [-0.4, -0.2) is 51.5 Å². The molecule has 1 amide bonds. The van der Waals surface area contributed by atoms with Crippen LogP contribution in [0.2, 0.25) is 0 Å². The van der Waals surface area contributed by atoms with Gasteiger partial charge in [-0.3, -0.25) is 14.5 Å². The zero-order valence-electron chi connectivity index (χ0n) is 16.1. The Kier molecular flexibility index (Phi) is 6.45. The second-order valence-electron chi connectivity index (χ2n) is 6.28. The molecular formula is C19H22N4O5S. The van der Waals surface area contributed by atoms with E-state index in [0.717, 1.165) is 0 Å². The number of carbonyl (C=O) groups excluding carboxylic acids is 1. The highest BCUT2D eigenvalue weighted by Crippen LogP contribution is 2.22. The lowest BCUT2D eigenvalue weighted by atomic mass is 10.2. The van der Waals surface area contributed by atoms with Crippen LogP contribution in [0.1, 0.15) is 18.1 Å². The lowest BCUT2D eigenvalue weighted by Gasteiger charge is -2.12. The third-order valence-corrected chi connectivity index (χ3v) is 5.59. The second kappa shape index (κ2) is 9.01. The summed E-state index contributed by atoms with van der Waals surface area (Å²) in [6.45, 7) is 2.57. The highest BCUT2D eigenvalue weighted by Gasteiger charge is 2.31. The van der Waals surface area contributed by atoms with Crippen molar-refractivity contribution in [2.24, 2.45) is 4.99 Å². The molecule has 3 rings (SSSR count). The minimum atomic E-state index is -3.65. The number of sulfonamides is 1.